The van der Waals surface area contributed by atoms with Crippen molar-refractivity contribution in [2.45, 2.75) is 25.5 Å². The van der Waals surface area contributed by atoms with E-state index in [9.17, 15) is 8.42 Å². The summed E-state index contributed by atoms with van der Waals surface area (Å²) in [7, 11) is -1.34. The molecule has 0 aliphatic carbocycles. The third-order valence-corrected chi connectivity index (χ3v) is 6.82. The fraction of sp³-hybridized carbons (Fsp3) is 0.588. The molecule has 1 fully saturated rings. The highest BCUT2D eigenvalue weighted by molar-refractivity contribution is 7.92. The van der Waals surface area contributed by atoms with Crippen molar-refractivity contribution in [3.05, 3.63) is 29.8 Å². The van der Waals surface area contributed by atoms with E-state index in [1.54, 1.807) is 20.9 Å². The van der Waals surface area contributed by atoms with Crippen LogP contribution in [-0.4, -0.2) is 63.1 Å². The molecule has 0 bridgehead atoms. The van der Waals surface area contributed by atoms with Crippen molar-refractivity contribution in [2.24, 2.45) is 4.99 Å². The van der Waals surface area contributed by atoms with E-state index in [-0.39, 0.29) is 5.75 Å². The highest BCUT2D eigenvalue weighted by Crippen LogP contribution is 2.23. The molecule has 1 aromatic carbocycles. The Kier molecular flexibility index (Phi) is 5.74. The second-order valence-corrected chi connectivity index (χ2v) is 9.33. The van der Waals surface area contributed by atoms with Crippen molar-refractivity contribution in [3.63, 3.8) is 0 Å². The lowest BCUT2D eigenvalue weighted by molar-refractivity contribution is 0.311. The molecule has 0 atom stereocenters. The minimum absolute atomic E-state index is 0.153. The topological polar surface area (TPSA) is 71.0 Å². The molecule has 6 nitrogen and oxygen atoms in total. The average molecular weight is 353 g/mol. The fourth-order valence-electron chi connectivity index (χ4n) is 2.70. The molecule has 2 rings (SSSR count). The Labute approximate surface area is 144 Å². The van der Waals surface area contributed by atoms with Gasteiger partial charge in [0.05, 0.1) is 17.0 Å². The van der Waals surface area contributed by atoms with Gasteiger partial charge in [0, 0.05) is 20.1 Å². The van der Waals surface area contributed by atoms with E-state index in [1.807, 2.05) is 36.1 Å². The number of hydrogen-bond donors (Lipinski definition) is 1. The van der Waals surface area contributed by atoms with Gasteiger partial charge >= 0.3 is 0 Å². The Morgan fingerprint density at radius 2 is 2.08 bits per heavy atom. The lowest BCUT2D eigenvalue weighted by Gasteiger charge is -2.39. The van der Waals surface area contributed by atoms with Gasteiger partial charge in [0.2, 0.25) is 0 Å². The molecular formula is C17H27N3O3S. The Morgan fingerprint density at radius 1 is 1.38 bits per heavy atom. The van der Waals surface area contributed by atoms with E-state index >= 15 is 0 Å². The van der Waals surface area contributed by atoms with Gasteiger partial charge in [-0.2, -0.15) is 0 Å². The number of sulfone groups is 1. The number of para-hydroxylation sites is 1. The zero-order valence-electron chi connectivity index (χ0n) is 14.9. The number of guanidine groups is 1. The molecule has 0 aromatic heterocycles. The number of aryl methyl sites for hydroxylation is 1. The summed E-state index contributed by atoms with van der Waals surface area (Å²) in [6.45, 7) is 7.56. The van der Waals surface area contributed by atoms with Gasteiger partial charge in [0.15, 0.2) is 15.8 Å². The van der Waals surface area contributed by atoms with Crippen LogP contribution in [0.4, 0.5) is 0 Å². The van der Waals surface area contributed by atoms with Gasteiger partial charge < -0.3 is 15.0 Å². The highest BCUT2D eigenvalue weighted by Gasteiger charge is 2.40. The molecule has 1 N–H and O–H groups in total. The van der Waals surface area contributed by atoms with Crippen LogP contribution >= 0.6 is 0 Å². The second-order valence-electron chi connectivity index (χ2n) is 6.59. The smallest absolute Gasteiger partial charge is 0.193 e. The largest absolute Gasteiger partial charge is 0.491 e. The molecule has 0 saturated carbocycles. The van der Waals surface area contributed by atoms with Gasteiger partial charge in [-0.3, -0.25) is 4.99 Å². The van der Waals surface area contributed by atoms with Crippen LogP contribution < -0.4 is 10.1 Å². The lowest BCUT2D eigenvalue weighted by atomic mass is 10.2. The predicted molar refractivity (Wildman–Crippen MR) is 97.5 cm³/mol. The number of aliphatic imine (C=N–C) groups is 1. The lowest BCUT2D eigenvalue weighted by Crippen LogP contribution is -2.57. The molecule has 1 aliphatic heterocycles. The van der Waals surface area contributed by atoms with Gasteiger partial charge in [-0.15, -0.1) is 0 Å². The minimum Gasteiger partial charge on any atom is -0.491 e. The quantitative estimate of drug-likeness (QED) is 0.504. The summed E-state index contributed by atoms with van der Waals surface area (Å²) in [5.74, 6) is 1.74. The number of ether oxygens (including phenoxy) is 1. The summed E-state index contributed by atoms with van der Waals surface area (Å²) < 4.78 is 29.2. The zero-order valence-corrected chi connectivity index (χ0v) is 15.7. The third-order valence-electron chi connectivity index (χ3n) is 4.29. The molecule has 1 aliphatic rings. The molecule has 0 spiro atoms. The molecule has 24 heavy (non-hydrogen) atoms. The van der Waals surface area contributed by atoms with E-state index in [0.717, 1.165) is 11.3 Å². The first-order chi connectivity index (χ1) is 11.3. The Hall–Kier alpha value is -1.76. The Balaban J connectivity index is 1.86. The maximum absolute atomic E-state index is 12.1. The molecule has 0 radical (unpaired) electrons. The van der Waals surface area contributed by atoms with Crippen LogP contribution in [0.15, 0.2) is 29.3 Å². The summed E-state index contributed by atoms with van der Waals surface area (Å²) in [6.07, 6.45) is 0. The van der Waals surface area contributed by atoms with Crippen molar-refractivity contribution < 1.29 is 13.2 Å². The van der Waals surface area contributed by atoms with E-state index in [2.05, 4.69) is 10.3 Å². The van der Waals surface area contributed by atoms with Crippen LogP contribution in [-0.2, 0) is 9.84 Å². The van der Waals surface area contributed by atoms with Crippen LogP contribution in [0.2, 0.25) is 0 Å². The maximum Gasteiger partial charge on any atom is 0.193 e. The molecule has 134 valence electrons. The molecule has 1 aromatic rings. The minimum atomic E-state index is -3.05. The monoisotopic (exact) mass is 353 g/mol. The van der Waals surface area contributed by atoms with Crippen molar-refractivity contribution in [2.75, 3.05) is 39.0 Å². The molecule has 0 unspecified atom stereocenters. The molecule has 1 saturated heterocycles. The van der Waals surface area contributed by atoms with Gasteiger partial charge in [0.25, 0.3) is 0 Å². The van der Waals surface area contributed by atoms with E-state index in [4.69, 9.17) is 4.74 Å². The summed E-state index contributed by atoms with van der Waals surface area (Å²) in [5, 5.41) is 3.25. The van der Waals surface area contributed by atoms with E-state index in [1.165, 1.54) is 0 Å². The number of rotatable bonds is 4. The van der Waals surface area contributed by atoms with Crippen LogP contribution in [0.3, 0.4) is 0 Å². The van der Waals surface area contributed by atoms with Crippen molar-refractivity contribution in [1.29, 1.82) is 0 Å². The summed E-state index contributed by atoms with van der Waals surface area (Å²) in [4.78, 5) is 6.26. The van der Waals surface area contributed by atoms with Crippen molar-refractivity contribution in [3.8, 4) is 5.75 Å². The van der Waals surface area contributed by atoms with Crippen LogP contribution in [0, 0.1) is 6.92 Å². The van der Waals surface area contributed by atoms with Gasteiger partial charge in [-0.05, 0) is 32.4 Å². The average Bonchev–Trinajstić information content (AvgIpc) is 2.52. The first-order valence-electron chi connectivity index (χ1n) is 8.13. The third kappa shape index (κ3) is 4.20. The first-order valence-corrected chi connectivity index (χ1v) is 9.78. The Morgan fingerprint density at radius 3 is 2.71 bits per heavy atom. The number of benzene rings is 1. The number of hydrogen-bond acceptors (Lipinski definition) is 4. The second kappa shape index (κ2) is 7.42. The van der Waals surface area contributed by atoms with Crippen LogP contribution in [0.1, 0.15) is 19.4 Å². The standard InChI is InChI=1S/C17H27N3O3S/c1-14-7-5-6-8-15(14)23-11-9-19-16(18-4)20-10-12-24(21,22)17(2,3)13-20/h5-8H,9-13H2,1-4H3,(H,18,19). The SMILES string of the molecule is CN=C(NCCOc1ccccc1C)N1CCS(=O)(=O)C(C)(C)C1. The van der Waals surface area contributed by atoms with Crippen molar-refractivity contribution in [1.82, 2.24) is 10.2 Å². The van der Waals surface area contributed by atoms with Gasteiger partial charge in [-0.25, -0.2) is 8.42 Å². The Bertz CT molecular complexity index is 699. The maximum atomic E-state index is 12.1. The predicted octanol–water partition coefficient (Wildman–Crippen LogP) is 1.46. The van der Waals surface area contributed by atoms with E-state index < -0.39 is 14.6 Å². The van der Waals surface area contributed by atoms with Crippen molar-refractivity contribution >= 4 is 15.8 Å². The molecule has 7 heteroatoms. The molecule has 0 amide bonds. The molecular weight excluding hydrogens is 326 g/mol. The number of nitrogens with zero attached hydrogens (tertiary/aromatic N) is 2. The van der Waals surface area contributed by atoms with Gasteiger partial charge in [-0.1, -0.05) is 18.2 Å². The fourth-order valence-corrected chi connectivity index (χ4v) is 4.06. The number of nitrogens with one attached hydrogen (secondary N) is 1. The normalized spacial score (nSPS) is 19.8. The van der Waals surface area contributed by atoms with E-state index in [0.29, 0.717) is 32.2 Å². The van der Waals surface area contributed by atoms with Crippen LogP contribution in [0.5, 0.6) is 5.75 Å². The van der Waals surface area contributed by atoms with Crippen LogP contribution in [0.25, 0.3) is 0 Å². The first kappa shape index (κ1) is 18.6. The summed E-state index contributed by atoms with van der Waals surface area (Å²) in [6, 6.07) is 7.89. The molecule has 1 heterocycles. The van der Waals surface area contributed by atoms with Gasteiger partial charge in [0.1, 0.15) is 12.4 Å². The zero-order chi connectivity index (χ0) is 17.8. The summed E-state index contributed by atoms with van der Waals surface area (Å²) in [5.41, 5.74) is 1.10. The summed E-state index contributed by atoms with van der Waals surface area (Å²) >= 11 is 0. The highest BCUT2D eigenvalue weighted by atomic mass is 32.2.